The predicted octanol–water partition coefficient (Wildman–Crippen LogP) is 13.2. The Balaban J connectivity index is 1.11. The quantitative estimate of drug-likeness (QED) is 0.176. The summed E-state index contributed by atoms with van der Waals surface area (Å²) in [5, 5.41) is 10.1. The first-order valence-corrected chi connectivity index (χ1v) is 19.5. The number of rotatable bonds is 5. The zero-order valence-corrected chi connectivity index (χ0v) is 31.3. The minimum atomic E-state index is -0.677. The van der Waals surface area contributed by atoms with Crippen LogP contribution in [0.4, 0.5) is 0 Å². The van der Waals surface area contributed by atoms with E-state index in [0.29, 0.717) is 11.4 Å². The van der Waals surface area contributed by atoms with Gasteiger partial charge in [-0.15, -0.1) is 0 Å². The largest absolute Gasteiger partial charge is 0.457 e. The Hall–Kier alpha value is -7.87. The van der Waals surface area contributed by atoms with Crippen molar-refractivity contribution in [1.29, 1.82) is 5.26 Å². The molecule has 58 heavy (non-hydrogen) atoms. The molecule has 0 radical (unpaired) electrons. The van der Waals surface area contributed by atoms with Crippen LogP contribution in [0.15, 0.2) is 200 Å². The van der Waals surface area contributed by atoms with Gasteiger partial charge in [0.1, 0.15) is 11.5 Å². The molecule has 1 aromatic heterocycles. The van der Waals surface area contributed by atoms with E-state index in [0.717, 1.165) is 73.0 Å². The van der Waals surface area contributed by atoms with E-state index in [1.807, 2.05) is 60.7 Å². The lowest BCUT2D eigenvalue weighted by Gasteiger charge is -2.40. The van der Waals surface area contributed by atoms with Crippen molar-refractivity contribution < 1.29 is 4.74 Å². The number of nitrogens with zero attached hydrogens (tertiary/aromatic N) is 3. The van der Waals surface area contributed by atoms with E-state index in [1.165, 1.54) is 22.3 Å². The predicted molar refractivity (Wildman–Crippen MR) is 231 cm³/mol. The zero-order valence-electron chi connectivity index (χ0n) is 31.3. The molecule has 9 aromatic rings. The van der Waals surface area contributed by atoms with Crippen molar-refractivity contribution in [3.8, 4) is 84.9 Å². The molecule has 1 aliphatic carbocycles. The molecule has 11 rings (SSSR count). The first-order chi connectivity index (χ1) is 28.7. The summed E-state index contributed by atoms with van der Waals surface area (Å²) in [6, 6.07) is 71.8. The van der Waals surface area contributed by atoms with Crippen molar-refractivity contribution in [2.75, 3.05) is 0 Å². The average Bonchev–Trinajstić information content (AvgIpc) is 3.60. The molecule has 2 aliphatic rings. The molecule has 0 fully saturated rings. The van der Waals surface area contributed by atoms with E-state index in [-0.39, 0.29) is 0 Å². The normalized spacial score (nSPS) is 12.7. The van der Waals surface area contributed by atoms with E-state index in [4.69, 9.17) is 14.7 Å². The molecule has 2 heterocycles. The van der Waals surface area contributed by atoms with Gasteiger partial charge >= 0.3 is 0 Å². The molecule has 270 valence electrons. The zero-order chi connectivity index (χ0) is 38.6. The Morgan fingerprint density at radius 1 is 0.379 bits per heavy atom. The van der Waals surface area contributed by atoms with Crippen molar-refractivity contribution in [3.05, 3.63) is 228 Å². The summed E-state index contributed by atoms with van der Waals surface area (Å²) in [5.41, 5.74) is 15.7. The molecule has 0 amide bonds. The van der Waals surface area contributed by atoms with Gasteiger partial charge in [0.05, 0.1) is 28.4 Å². The highest BCUT2D eigenvalue weighted by atomic mass is 16.5. The summed E-state index contributed by atoms with van der Waals surface area (Å²) in [5.74, 6) is 2.31. The molecular formula is C54H33N3O. The lowest BCUT2D eigenvalue weighted by molar-refractivity contribution is 0.436. The number of fused-ring (bicyclic) bond motifs is 9. The molecule has 1 aliphatic heterocycles. The molecule has 4 nitrogen and oxygen atoms in total. The summed E-state index contributed by atoms with van der Waals surface area (Å²) < 4.78 is 6.85. The number of nitriles is 1. The summed E-state index contributed by atoms with van der Waals surface area (Å²) in [6.07, 6.45) is 0. The molecule has 8 aromatic carbocycles. The fourth-order valence-electron chi connectivity index (χ4n) is 9.01. The van der Waals surface area contributed by atoms with Crippen LogP contribution < -0.4 is 4.74 Å². The number of aromatic nitrogens is 2. The van der Waals surface area contributed by atoms with Crippen molar-refractivity contribution >= 4 is 0 Å². The molecule has 0 N–H and O–H groups in total. The van der Waals surface area contributed by atoms with E-state index >= 15 is 0 Å². The van der Waals surface area contributed by atoms with Crippen LogP contribution in [0.1, 0.15) is 27.8 Å². The summed E-state index contributed by atoms with van der Waals surface area (Å²) in [4.78, 5) is 10.2. The molecule has 0 saturated heterocycles. The van der Waals surface area contributed by atoms with Gasteiger partial charge in [-0.3, -0.25) is 0 Å². The van der Waals surface area contributed by atoms with E-state index < -0.39 is 5.41 Å². The highest BCUT2D eigenvalue weighted by molar-refractivity contribution is 5.90. The van der Waals surface area contributed by atoms with Crippen molar-refractivity contribution in [2.24, 2.45) is 0 Å². The highest BCUT2D eigenvalue weighted by Gasteiger charge is 2.51. The Bertz CT molecular complexity index is 3010. The van der Waals surface area contributed by atoms with Crippen molar-refractivity contribution in [2.45, 2.75) is 5.41 Å². The van der Waals surface area contributed by atoms with E-state index in [9.17, 15) is 5.26 Å². The van der Waals surface area contributed by atoms with Gasteiger partial charge in [0, 0.05) is 27.8 Å². The average molecular weight is 740 g/mol. The SMILES string of the molecule is N#Cc1ccccc1-c1ccc2c(c1)C1(c3cc(-c4cccc(-c5cc(-c6ccccc6)nc(-c6ccccc6)n5)c4)ccc3O2)c2ccccc2-c2ccccc21. The fourth-order valence-corrected chi connectivity index (χ4v) is 9.01. The third-order valence-electron chi connectivity index (χ3n) is 11.6. The molecule has 4 heteroatoms. The third kappa shape index (κ3) is 5.22. The van der Waals surface area contributed by atoms with Gasteiger partial charge in [-0.05, 0) is 87.0 Å². The monoisotopic (exact) mass is 739 g/mol. The van der Waals surface area contributed by atoms with Crippen LogP contribution in [0.2, 0.25) is 0 Å². The van der Waals surface area contributed by atoms with Gasteiger partial charge in [0.15, 0.2) is 5.82 Å². The molecular weight excluding hydrogens is 707 g/mol. The Kier molecular flexibility index (Phi) is 7.74. The molecule has 1 spiro atoms. The number of hydrogen-bond donors (Lipinski definition) is 0. The van der Waals surface area contributed by atoms with Gasteiger partial charge in [0.2, 0.25) is 0 Å². The maximum Gasteiger partial charge on any atom is 0.160 e. The van der Waals surface area contributed by atoms with Crippen molar-refractivity contribution in [1.82, 2.24) is 9.97 Å². The first-order valence-electron chi connectivity index (χ1n) is 19.5. The number of hydrogen-bond acceptors (Lipinski definition) is 4. The minimum absolute atomic E-state index is 0.637. The van der Waals surface area contributed by atoms with Crippen LogP contribution in [0, 0.1) is 11.3 Å². The second kappa shape index (κ2) is 13.4. The summed E-state index contributed by atoms with van der Waals surface area (Å²) in [7, 11) is 0. The second-order valence-electron chi connectivity index (χ2n) is 14.8. The number of ether oxygens (including phenoxy) is 1. The topological polar surface area (TPSA) is 58.8 Å². The van der Waals surface area contributed by atoms with Crippen molar-refractivity contribution in [3.63, 3.8) is 0 Å². The summed E-state index contributed by atoms with van der Waals surface area (Å²) in [6.45, 7) is 0. The van der Waals surface area contributed by atoms with Crippen LogP contribution in [-0.2, 0) is 5.41 Å². The molecule has 0 unspecified atom stereocenters. The van der Waals surface area contributed by atoms with Gasteiger partial charge < -0.3 is 4.74 Å². The third-order valence-corrected chi connectivity index (χ3v) is 11.6. The fraction of sp³-hybridized carbons (Fsp3) is 0.0185. The minimum Gasteiger partial charge on any atom is -0.457 e. The first kappa shape index (κ1) is 33.5. The van der Waals surface area contributed by atoms with Crippen LogP contribution in [-0.4, -0.2) is 9.97 Å². The maximum atomic E-state index is 10.1. The highest BCUT2D eigenvalue weighted by Crippen LogP contribution is 2.62. The summed E-state index contributed by atoms with van der Waals surface area (Å²) >= 11 is 0. The number of benzene rings is 8. The lowest BCUT2D eigenvalue weighted by Crippen LogP contribution is -2.32. The Morgan fingerprint density at radius 3 is 1.55 bits per heavy atom. The molecule has 0 bridgehead atoms. The Labute approximate surface area is 337 Å². The molecule has 0 saturated carbocycles. The maximum absolute atomic E-state index is 10.1. The van der Waals surface area contributed by atoms with Gasteiger partial charge in [-0.2, -0.15) is 5.26 Å². The van der Waals surface area contributed by atoms with E-state index in [1.54, 1.807) is 0 Å². The standard InChI is InChI=1S/C54H33N3O/c55-34-41-18-7-8-21-42(41)39-27-29-52-48(32-39)54(45-24-11-9-22-43(45)44-23-10-12-25-46(44)54)47-31-38(26-28-51(47)58-52)37-19-13-20-40(30-37)50-33-49(35-14-3-1-4-15-35)56-53(57-50)36-16-5-2-6-17-36/h1-33H. The smallest absolute Gasteiger partial charge is 0.160 e. The van der Waals surface area contributed by atoms with Gasteiger partial charge in [-0.25, -0.2) is 9.97 Å². The second-order valence-corrected chi connectivity index (χ2v) is 14.8. The van der Waals surface area contributed by atoms with Crippen LogP contribution in [0.5, 0.6) is 11.5 Å². The lowest BCUT2D eigenvalue weighted by atomic mass is 9.65. The van der Waals surface area contributed by atoms with E-state index in [2.05, 4.69) is 146 Å². The van der Waals surface area contributed by atoms with Gasteiger partial charge in [-0.1, -0.05) is 158 Å². The van der Waals surface area contributed by atoms with Crippen LogP contribution in [0.25, 0.3) is 67.3 Å². The van der Waals surface area contributed by atoms with Crippen LogP contribution >= 0.6 is 0 Å². The Morgan fingerprint density at radius 2 is 0.879 bits per heavy atom. The molecule has 0 atom stereocenters. The van der Waals surface area contributed by atoms with Gasteiger partial charge in [0.25, 0.3) is 0 Å². The van der Waals surface area contributed by atoms with Crippen LogP contribution in [0.3, 0.4) is 0 Å².